The van der Waals surface area contributed by atoms with Crippen LogP contribution in [0.25, 0.3) is 0 Å². The highest BCUT2D eigenvalue weighted by molar-refractivity contribution is 5.77. The molecule has 1 rings (SSSR count). The Balaban J connectivity index is 2.35. The zero-order chi connectivity index (χ0) is 13.4. The summed E-state index contributed by atoms with van der Waals surface area (Å²) in [5.41, 5.74) is 0. The average Bonchev–Trinajstić information content (AvgIpc) is 2.37. The van der Waals surface area contributed by atoms with Gasteiger partial charge in [0, 0.05) is 18.6 Å². The first-order valence-electron chi connectivity index (χ1n) is 7.41. The van der Waals surface area contributed by atoms with Crippen LogP contribution in [0.1, 0.15) is 46.5 Å². The topological polar surface area (TPSA) is 44.4 Å². The predicted octanol–water partition coefficient (Wildman–Crippen LogP) is 1.37. The fourth-order valence-electron chi connectivity index (χ4n) is 2.70. The molecule has 4 nitrogen and oxygen atoms in total. The maximum Gasteiger partial charge on any atom is 0.234 e. The van der Waals surface area contributed by atoms with E-state index < -0.39 is 0 Å². The lowest BCUT2D eigenvalue weighted by Gasteiger charge is -2.32. The molecular weight excluding hydrogens is 226 g/mol. The first-order valence-corrected chi connectivity index (χ1v) is 7.41. The average molecular weight is 255 g/mol. The van der Waals surface area contributed by atoms with E-state index >= 15 is 0 Å². The number of likely N-dealkylation sites (N-methyl/N-ethyl adjacent to an activating group) is 2. The van der Waals surface area contributed by atoms with E-state index in [0.29, 0.717) is 18.6 Å². The van der Waals surface area contributed by atoms with Crippen LogP contribution in [0.4, 0.5) is 0 Å². The Morgan fingerprint density at radius 3 is 2.78 bits per heavy atom. The van der Waals surface area contributed by atoms with Crippen molar-refractivity contribution in [3.8, 4) is 0 Å². The Hall–Kier alpha value is -0.610. The molecule has 2 atom stereocenters. The molecule has 1 heterocycles. The summed E-state index contributed by atoms with van der Waals surface area (Å²) in [5, 5.41) is 6.45. The van der Waals surface area contributed by atoms with Crippen molar-refractivity contribution >= 4 is 5.91 Å². The second-order valence-electron chi connectivity index (χ2n) is 5.25. The van der Waals surface area contributed by atoms with Gasteiger partial charge in [0.15, 0.2) is 0 Å². The zero-order valence-electron chi connectivity index (χ0n) is 12.2. The SMILES string of the molecule is CCNC(=O)CN(CC)C(C)CC1CCCCN1. The lowest BCUT2D eigenvalue weighted by atomic mass is 9.98. The van der Waals surface area contributed by atoms with Gasteiger partial charge in [-0.2, -0.15) is 0 Å². The van der Waals surface area contributed by atoms with E-state index in [1.807, 2.05) is 6.92 Å². The van der Waals surface area contributed by atoms with Crippen molar-refractivity contribution < 1.29 is 4.79 Å². The number of hydrogen-bond acceptors (Lipinski definition) is 3. The Morgan fingerprint density at radius 2 is 2.22 bits per heavy atom. The van der Waals surface area contributed by atoms with E-state index in [0.717, 1.165) is 26.1 Å². The molecule has 0 saturated carbocycles. The molecule has 1 aliphatic heterocycles. The molecular formula is C14H29N3O. The van der Waals surface area contributed by atoms with Gasteiger partial charge in [0.25, 0.3) is 0 Å². The van der Waals surface area contributed by atoms with Crippen LogP contribution in [0, 0.1) is 0 Å². The van der Waals surface area contributed by atoms with Crippen LogP contribution >= 0.6 is 0 Å². The molecule has 1 saturated heterocycles. The second kappa shape index (κ2) is 8.48. The molecule has 0 aromatic heterocycles. The van der Waals surface area contributed by atoms with Gasteiger partial charge in [-0.25, -0.2) is 0 Å². The third-order valence-electron chi connectivity index (χ3n) is 3.79. The number of rotatable bonds is 7. The minimum absolute atomic E-state index is 0.141. The van der Waals surface area contributed by atoms with Gasteiger partial charge in [0.2, 0.25) is 5.91 Å². The van der Waals surface area contributed by atoms with Gasteiger partial charge in [-0.15, -0.1) is 0 Å². The quantitative estimate of drug-likeness (QED) is 0.722. The van der Waals surface area contributed by atoms with Crippen molar-refractivity contribution in [2.24, 2.45) is 0 Å². The molecule has 2 unspecified atom stereocenters. The van der Waals surface area contributed by atoms with Gasteiger partial charge in [-0.1, -0.05) is 13.3 Å². The third-order valence-corrected chi connectivity index (χ3v) is 3.79. The van der Waals surface area contributed by atoms with E-state index in [1.165, 1.54) is 19.3 Å². The van der Waals surface area contributed by atoms with E-state index in [2.05, 4.69) is 29.4 Å². The standard InChI is InChI=1S/C14H29N3O/c1-4-15-14(18)11-17(5-2)12(3)10-13-8-6-7-9-16-13/h12-13,16H,4-11H2,1-3H3,(H,15,18). The minimum atomic E-state index is 0.141. The maximum atomic E-state index is 11.6. The van der Waals surface area contributed by atoms with E-state index in [4.69, 9.17) is 0 Å². The number of hydrogen-bond donors (Lipinski definition) is 2. The van der Waals surface area contributed by atoms with Crippen molar-refractivity contribution in [3.63, 3.8) is 0 Å². The van der Waals surface area contributed by atoms with Crippen LogP contribution in [0.15, 0.2) is 0 Å². The van der Waals surface area contributed by atoms with E-state index in [-0.39, 0.29) is 5.91 Å². The summed E-state index contributed by atoms with van der Waals surface area (Å²) in [6, 6.07) is 1.10. The molecule has 0 spiro atoms. The van der Waals surface area contributed by atoms with Gasteiger partial charge >= 0.3 is 0 Å². The fourth-order valence-corrected chi connectivity index (χ4v) is 2.70. The lowest BCUT2D eigenvalue weighted by molar-refractivity contribution is -0.122. The van der Waals surface area contributed by atoms with Crippen LogP contribution in [-0.4, -0.2) is 49.1 Å². The summed E-state index contributed by atoms with van der Waals surface area (Å²) in [6.07, 6.45) is 5.07. The molecule has 0 bridgehead atoms. The van der Waals surface area contributed by atoms with Crippen LogP contribution in [-0.2, 0) is 4.79 Å². The molecule has 106 valence electrons. The highest BCUT2D eigenvalue weighted by Crippen LogP contribution is 2.14. The molecule has 0 radical (unpaired) electrons. The highest BCUT2D eigenvalue weighted by atomic mass is 16.2. The molecule has 2 N–H and O–H groups in total. The van der Waals surface area contributed by atoms with Crippen molar-refractivity contribution in [2.45, 2.75) is 58.5 Å². The smallest absolute Gasteiger partial charge is 0.234 e. The number of amides is 1. The third kappa shape index (κ3) is 5.36. The van der Waals surface area contributed by atoms with Crippen molar-refractivity contribution in [1.29, 1.82) is 0 Å². The van der Waals surface area contributed by atoms with Crippen LogP contribution in [0.2, 0.25) is 0 Å². The van der Waals surface area contributed by atoms with Crippen molar-refractivity contribution in [1.82, 2.24) is 15.5 Å². The maximum absolute atomic E-state index is 11.6. The van der Waals surface area contributed by atoms with Crippen molar-refractivity contribution in [2.75, 3.05) is 26.2 Å². The molecule has 1 amide bonds. The Morgan fingerprint density at radius 1 is 1.44 bits per heavy atom. The van der Waals surface area contributed by atoms with Crippen LogP contribution in [0.5, 0.6) is 0 Å². The molecule has 1 fully saturated rings. The van der Waals surface area contributed by atoms with Gasteiger partial charge in [0.1, 0.15) is 0 Å². The Labute approximate surface area is 111 Å². The predicted molar refractivity (Wildman–Crippen MR) is 75.7 cm³/mol. The number of carbonyl (C=O) groups excluding carboxylic acids is 1. The molecule has 0 aliphatic carbocycles. The first-order chi connectivity index (χ1) is 8.67. The van der Waals surface area contributed by atoms with E-state index in [9.17, 15) is 4.79 Å². The van der Waals surface area contributed by atoms with Crippen molar-refractivity contribution in [3.05, 3.63) is 0 Å². The minimum Gasteiger partial charge on any atom is -0.355 e. The van der Waals surface area contributed by atoms with Crippen LogP contribution < -0.4 is 10.6 Å². The molecule has 1 aliphatic rings. The number of nitrogens with one attached hydrogen (secondary N) is 2. The highest BCUT2D eigenvalue weighted by Gasteiger charge is 2.20. The Bertz CT molecular complexity index is 239. The van der Waals surface area contributed by atoms with Gasteiger partial charge in [-0.3, -0.25) is 9.69 Å². The lowest BCUT2D eigenvalue weighted by Crippen LogP contribution is -2.45. The molecule has 0 aromatic carbocycles. The van der Waals surface area contributed by atoms with Gasteiger partial charge < -0.3 is 10.6 Å². The summed E-state index contributed by atoms with van der Waals surface area (Å²) in [4.78, 5) is 13.9. The normalized spacial score (nSPS) is 21.9. The number of nitrogens with zero attached hydrogens (tertiary/aromatic N) is 1. The number of piperidine rings is 1. The van der Waals surface area contributed by atoms with Gasteiger partial charge in [-0.05, 0) is 46.2 Å². The summed E-state index contributed by atoms with van der Waals surface area (Å²) < 4.78 is 0. The zero-order valence-corrected chi connectivity index (χ0v) is 12.2. The van der Waals surface area contributed by atoms with Crippen LogP contribution in [0.3, 0.4) is 0 Å². The molecule has 0 aromatic rings. The van der Waals surface area contributed by atoms with Gasteiger partial charge in [0.05, 0.1) is 6.54 Å². The number of carbonyl (C=O) groups is 1. The Kier molecular flexibility index (Phi) is 7.28. The second-order valence-corrected chi connectivity index (χ2v) is 5.25. The summed E-state index contributed by atoms with van der Waals surface area (Å²) in [6.45, 7) is 9.66. The first kappa shape index (κ1) is 15.4. The summed E-state index contributed by atoms with van der Waals surface area (Å²) in [7, 11) is 0. The molecule has 18 heavy (non-hydrogen) atoms. The fraction of sp³-hybridized carbons (Fsp3) is 0.929. The summed E-state index contributed by atoms with van der Waals surface area (Å²) >= 11 is 0. The monoisotopic (exact) mass is 255 g/mol. The summed E-state index contributed by atoms with van der Waals surface area (Å²) in [5.74, 6) is 0.141. The largest absolute Gasteiger partial charge is 0.355 e. The molecule has 4 heteroatoms. The van der Waals surface area contributed by atoms with E-state index in [1.54, 1.807) is 0 Å².